The zero-order chi connectivity index (χ0) is 21.1. The van der Waals surface area contributed by atoms with Gasteiger partial charge in [0.15, 0.2) is 6.04 Å². The molecule has 0 aromatic heterocycles. The Kier molecular flexibility index (Phi) is 5.70. The number of amides is 2. The van der Waals surface area contributed by atoms with Gasteiger partial charge in [-0.1, -0.05) is 30.3 Å². The summed E-state index contributed by atoms with van der Waals surface area (Å²) in [7, 11) is 0. The second-order valence-electron chi connectivity index (χ2n) is 7.81. The highest BCUT2D eigenvalue weighted by Crippen LogP contribution is 2.29. The van der Waals surface area contributed by atoms with E-state index in [-0.39, 0.29) is 18.9 Å². The van der Waals surface area contributed by atoms with Crippen molar-refractivity contribution >= 4 is 29.2 Å². The highest BCUT2D eigenvalue weighted by Gasteiger charge is 2.37. The first kappa shape index (κ1) is 19.9. The van der Waals surface area contributed by atoms with Crippen LogP contribution in [0.1, 0.15) is 30.9 Å². The number of rotatable bonds is 6. The molecule has 2 fully saturated rings. The Hall–Kier alpha value is -3.35. The van der Waals surface area contributed by atoms with E-state index < -0.39 is 23.8 Å². The van der Waals surface area contributed by atoms with E-state index in [2.05, 4.69) is 10.2 Å². The number of nitrogens with zero attached hydrogens (tertiary/aromatic N) is 2. The zero-order valence-corrected chi connectivity index (χ0v) is 16.7. The lowest BCUT2D eigenvalue weighted by Gasteiger charge is -2.21. The van der Waals surface area contributed by atoms with Gasteiger partial charge in [-0.05, 0) is 42.7 Å². The highest BCUT2D eigenvalue weighted by atomic mass is 16.4. The monoisotopic (exact) mass is 407 g/mol. The van der Waals surface area contributed by atoms with Gasteiger partial charge in [0.05, 0.1) is 5.92 Å². The van der Waals surface area contributed by atoms with Crippen LogP contribution in [-0.2, 0) is 14.4 Å². The number of carbonyl (C=O) groups is 3. The fourth-order valence-corrected chi connectivity index (χ4v) is 4.14. The molecule has 4 rings (SSSR count). The molecular formula is C23H25N3O4. The maximum absolute atomic E-state index is 12.7. The number of benzene rings is 2. The van der Waals surface area contributed by atoms with Crippen molar-refractivity contribution in [2.75, 3.05) is 29.4 Å². The average Bonchev–Trinajstić information content (AvgIpc) is 3.42. The smallest absolute Gasteiger partial charge is 0.330 e. The molecule has 2 atom stereocenters. The predicted molar refractivity (Wildman–Crippen MR) is 113 cm³/mol. The summed E-state index contributed by atoms with van der Waals surface area (Å²) in [6.07, 6.45) is 2.47. The molecule has 0 bridgehead atoms. The van der Waals surface area contributed by atoms with Gasteiger partial charge in [-0.25, -0.2) is 4.79 Å². The number of carbonyl (C=O) groups excluding carboxylic acids is 2. The van der Waals surface area contributed by atoms with Gasteiger partial charge < -0.3 is 20.2 Å². The lowest BCUT2D eigenvalue weighted by atomic mass is 10.0. The van der Waals surface area contributed by atoms with Gasteiger partial charge in [0, 0.05) is 37.4 Å². The molecule has 7 nitrogen and oxygen atoms in total. The minimum atomic E-state index is -1.14. The molecule has 0 aliphatic carbocycles. The third-order valence-electron chi connectivity index (χ3n) is 5.79. The predicted octanol–water partition coefficient (Wildman–Crippen LogP) is 2.58. The molecule has 0 saturated carbocycles. The lowest BCUT2D eigenvalue weighted by Crippen LogP contribution is -2.38. The Morgan fingerprint density at radius 2 is 1.60 bits per heavy atom. The molecule has 0 radical (unpaired) electrons. The Morgan fingerprint density at radius 1 is 0.967 bits per heavy atom. The van der Waals surface area contributed by atoms with Crippen molar-refractivity contribution in [3.8, 4) is 0 Å². The molecule has 2 aromatic carbocycles. The Morgan fingerprint density at radius 3 is 2.23 bits per heavy atom. The van der Waals surface area contributed by atoms with Crippen LogP contribution in [0.4, 0.5) is 11.4 Å². The zero-order valence-electron chi connectivity index (χ0n) is 16.7. The van der Waals surface area contributed by atoms with Crippen molar-refractivity contribution in [3.63, 3.8) is 0 Å². The van der Waals surface area contributed by atoms with Gasteiger partial charge in [-0.3, -0.25) is 9.59 Å². The minimum absolute atomic E-state index is 0.0703. The number of aliphatic carboxylic acids is 1. The fourth-order valence-electron chi connectivity index (χ4n) is 4.14. The summed E-state index contributed by atoms with van der Waals surface area (Å²) in [6, 6.07) is 15.3. The van der Waals surface area contributed by atoms with Crippen molar-refractivity contribution in [1.29, 1.82) is 0 Å². The minimum Gasteiger partial charge on any atom is -0.479 e. The number of nitrogens with one attached hydrogen (secondary N) is 1. The van der Waals surface area contributed by atoms with Crippen LogP contribution in [0.5, 0.6) is 0 Å². The van der Waals surface area contributed by atoms with Crippen molar-refractivity contribution in [2.45, 2.75) is 25.3 Å². The molecule has 2 aliphatic rings. The van der Waals surface area contributed by atoms with Gasteiger partial charge in [-0.2, -0.15) is 0 Å². The molecule has 2 heterocycles. The normalized spacial score (nSPS) is 19.7. The molecule has 2 N–H and O–H groups in total. The molecule has 2 amide bonds. The van der Waals surface area contributed by atoms with Crippen LogP contribution >= 0.6 is 0 Å². The topological polar surface area (TPSA) is 89.9 Å². The van der Waals surface area contributed by atoms with Crippen LogP contribution in [0.3, 0.4) is 0 Å². The number of carboxylic acids is 1. The van der Waals surface area contributed by atoms with E-state index >= 15 is 0 Å². The first-order chi connectivity index (χ1) is 14.5. The third kappa shape index (κ3) is 4.15. The molecule has 156 valence electrons. The summed E-state index contributed by atoms with van der Waals surface area (Å²) in [6.45, 7) is 2.35. The van der Waals surface area contributed by atoms with Crippen molar-refractivity contribution < 1.29 is 19.5 Å². The van der Waals surface area contributed by atoms with E-state index in [0.717, 1.165) is 24.5 Å². The van der Waals surface area contributed by atoms with E-state index in [1.807, 2.05) is 24.3 Å². The van der Waals surface area contributed by atoms with Crippen molar-refractivity contribution in [1.82, 2.24) is 5.32 Å². The first-order valence-corrected chi connectivity index (χ1v) is 10.3. The highest BCUT2D eigenvalue weighted by molar-refractivity contribution is 6.01. The van der Waals surface area contributed by atoms with Gasteiger partial charge >= 0.3 is 5.97 Å². The maximum atomic E-state index is 12.7. The SMILES string of the molecule is O=C(N[C@H](C(=O)O)c1ccccc1)C1CC(=O)N(c2ccc(N3CCCC3)cc2)C1. The summed E-state index contributed by atoms with van der Waals surface area (Å²) >= 11 is 0. The Bertz CT molecular complexity index is 923. The van der Waals surface area contributed by atoms with Crippen molar-refractivity contribution in [2.24, 2.45) is 5.92 Å². The molecular weight excluding hydrogens is 382 g/mol. The molecule has 30 heavy (non-hydrogen) atoms. The summed E-state index contributed by atoms with van der Waals surface area (Å²) in [5.74, 6) is -2.26. The molecule has 0 spiro atoms. The number of hydrogen-bond acceptors (Lipinski definition) is 4. The van der Waals surface area contributed by atoms with Gasteiger partial charge in [0.1, 0.15) is 0 Å². The summed E-state index contributed by atoms with van der Waals surface area (Å²) in [5, 5.41) is 12.1. The molecule has 2 aromatic rings. The lowest BCUT2D eigenvalue weighted by molar-refractivity contribution is -0.142. The average molecular weight is 407 g/mol. The standard InChI is InChI=1S/C23H25N3O4/c27-20-14-17(22(28)24-21(23(29)30)16-6-2-1-3-7-16)15-26(20)19-10-8-18(9-11-19)25-12-4-5-13-25/h1-3,6-11,17,21H,4-5,12-15H2,(H,24,28)(H,29,30)/t17?,21-/m0/s1. The summed E-state index contributed by atoms with van der Waals surface area (Å²) < 4.78 is 0. The molecule has 1 unspecified atom stereocenters. The van der Waals surface area contributed by atoms with Crippen LogP contribution in [0, 0.1) is 5.92 Å². The Labute approximate surface area is 175 Å². The van der Waals surface area contributed by atoms with Crippen LogP contribution in [-0.4, -0.2) is 42.5 Å². The number of anilines is 2. The summed E-state index contributed by atoms with van der Waals surface area (Å²) in [4.78, 5) is 40.8. The van der Waals surface area contributed by atoms with E-state index in [0.29, 0.717) is 5.56 Å². The number of hydrogen-bond donors (Lipinski definition) is 2. The summed E-state index contributed by atoms with van der Waals surface area (Å²) in [5.41, 5.74) is 2.40. The van der Waals surface area contributed by atoms with E-state index in [4.69, 9.17) is 0 Å². The Balaban J connectivity index is 1.42. The molecule has 7 heteroatoms. The largest absolute Gasteiger partial charge is 0.479 e. The van der Waals surface area contributed by atoms with Crippen molar-refractivity contribution in [3.05, 3.63) is 60.2 Å². The van der Waals surface area contributed by atoms with Gasteiger partial charge in [0.2, 0.25) is 11.8 Å². The quantitative estimate of drug-likeness (QED) is 0.768. The van der Waals surface area contributed by atoms with Gasteiger partial charge in [0.25, 0.3) is 0 Å². The number of carboxylic acid groups (broad SMARTS) is 1. The molecule has 2 aliphatic heterocycles. The van der Waals surface area contributed by atoms with E-state index in [9.17, 15) is 19.5 Å². The first-order valence-electron chi connectivity index (χ1n) is 10.3. The van der Waals surface area contributed by atoms with Gasteiger partial charge in [-0.15, -0.1) is 0 Å². The van der Waals surface area contributed by atoms with E-state index in [1.54, 1.807) is 35.2 Å². The maximum Gasteiger partial charge on any atom is 0.330 e. The van der Waals surface area contributed by atoms with Crippen LogP contribution < -0.4 is 15.1 Å². The third-order valence-corrected chi connectivity index (χ3v) is 5.79. The second-order valence-corrected chi connectivity index (χ2v) is 7.81. The second kappa shape index (κ2) is 8.57. The van der Waals surface area contributed by atoms with Crippen LogP contribution in [0.25, 0.3) is 0 Å². The van der Waals surface area contributed by atoms with Crippen LogP contribution in [0.2, 0.25) is 0 Å². The van der Waals surface area contributed by atoms with Crippen LogP contribution in [0.15, 0.2) is 54.6 Å². The molecule has 2 saturated heterocycles. The van der Waals surface area contributed by atoms with E-state index in [1.165, 1.54) is 12.8 Å². The fraction of sp³-hybridized carbons (Fsp3) is 0.348.